The van der Waals surface area contributed by atoms with Crippen molar-refractivity contribution in [3.63, 3.8) is 0 Å². The van der Waals surface area contributed by atoms with Gasteiger partial charge in [0, 0.05) is 6.04 Å². The molecular formula is C14H27N. The summed E-state index contributed by atoms with van der Waals surface area (Å²) in [6, 6.07) is 0.946. The van der Waals surface area contributed by atoms with E-state index in [1.165, 1.54) is 70.9 Å². The zero-order chi connectivity index (χ0) is 10.5. The predicted molar refractivity (Wildman–Crippen MR) is 66.1 cm³/mol. The summed E-state index contributed by atoms with van der Waals surface area (Å²) in [5, 5.41) is 0. The predicted octanol–water partition coefficient (Wildman–Crippen LogP) is 3.83. The van der Waals surface area contributed by atoms with Crippen LogP contribution in [0.1, 0.15) is 64.7 Å². The van der Waals surface area contributed by atoms with Gasteiger partial charge >= 0.3 is 0 Å². The molecule has 1 aliphatic carbocycles. The highest BCUT2D eigenvalue weighted by molar-refractivity contribution is 4.79. The molecule has 0 aromatic rings. The van der Waals surface area contributed by atoms with E-state index in [1.54, 1.807) is 0 Å². The van der Waals surface area contributed by atoms with E-state index in [-0.39, 0.29) is 0 Å². The van der Waals surface area contributed by atoms with Gasteiger partial charge in [0.2, 0.25) is 0 Å². The normalized spacial score (nSPS) is 35.0. The SMILES string of the molecule is CCC1CCCC(N2CCCCC2)CC1. The van der Waals surface area contributed by atoms with E-state index in [9.17, 15) is 0 Å². The van der Waals surface area contributed by atoms with Crippen LogP contribution in [0.5, 0.6) is 0 Å². The second-order valence-corrected chi connectivity index (χ2v) is 5.53. The quantitative estimate of drug-likeness (QED) is 0.625. The van der Waals surface area contributed by atoms with Crippen LogP contribution in [0, 0.1) is 5.92 Å². The van der Waals surface area contributed by atoms with Crippen LogP contribution in [0.3, 0.4) is 0 Å². The van der Waals surface area contributed by atoms with Crippen molar-refractivity contribution in [3.8, 4) is 0 Å². The van der Waals surface area contributed by atoms with Crippen molar-refractivity contribution >= 4 is 0 Å². The van der Waals surface area contributed by atoms with Crippen molar-refractivity contribution in [2.24, 2.45) is 5.92 Å². The molecule has 0 aromatic carbocycles. The standard InChI is InChI=1S/C14H27N/c1-2-13-7-6-8-14(10-9-13)15-11-4-3-5-12-15/h13-14H,2-12H2,1H3. The fraction of sp³-hybridized carbons (Fsp3) is 1.00. The molecule has 1 heterocycles. The molecule has 1 aliphatic heterocycles. The lowest BCUT2D eigenvalue weighted by Gasteiger charge is -2.34. The number of likely N-dealkylation sites (tertiary alicyclic amines) is 1. The molecule has 0 spiro atoms. The molecule has 0 radical (unpaired) electrons. The molecule has 0 N–H and O–H groups in total. The molecule has 1 heteroatoms. The summed E-state index contributed by atoms with van der Waals surface area (Å²) in [5.74, 6) is 1.04. The van der Waals surface area contributed by atoms with Crippen LogP contribution in [0.4, 0.5) is 0 Å². The third-order valence-corrected chi connectivity index (χ3v) is 4.54. The third-order valence-electron chi connectivity index (χ3n) is 4.54. The van der Waals surface area contributed by atoms with Crippen molar-refractivity contribution in [2.75, 3.05) is 13.1 Å². The first-order chi connectivity index (χ1) is 7.40. The fourth-order valence-electron chi connectivity index (χ4n) is 3.42. The molecule has 2 rings (SSSR count). The first-order valence-corrected chi connectivity index (χ1v) is 7.14. The molecule has 0 amide bonds. The molecule has 1 saturated carbocycles. The molecule has 2 atom stereocenters. The van der Waals surface area contributed by atoms with Crippen molar-refractivity contribution in [2.45, 2.75) is 70.8 Å². The van der Waals surface area contributed by atoms with Crippen molar-refractivity contribution in [1.29, 1.82) is 0 Å². The Kier molecular flexibility index (Phi) is 4.49. The molecule has 1 nitrogen and oxygen atoms in total. The number of rotatable bonds is 2. The lowest BCUT2D eigenvalue weighted by molar-refractivity contribution is 0.148. The van der Waals surface area contributed by atoms with Gasteiger partial charge in [-0.3, -0.25) is 0 Å². The summed E-state index contributed by atoms with van der Waals surface area (Å²) in [5.41, 5.74) is 0. The van der Waals surface area contributed by atoms with E-state index < -0.39 is 0 Å². The van der Waals surface area contributed by atoms with Gasteiger partial charge in [0.25, 0.3) is 0 Å². The Labute approximate surface area is 95.2 Å². The molecule has 2 aliphatic rings. The van der Waals surface area contributed by atoms with Crippen LogP contribution >= 0.6 is 0 Å². The second kappa shape index (κ2) is 5.89. The molecule has 0 aromatic heterocycles. The highest BCUT2D eigenvalue weighted by atomic mass is 15.2. The molecule has 2 fully saturated rings. The van der Waals surface area contributed by atoms with Crippen LogP contribution in [0.25, 0.3) is 0 Å². The van der Waals surface area contributed by atoms with Gasteiger partial charge in [-0.15, -0.1) is 0 Å². The lowest BCUT2D eigenvalue weighted by atomic mass is 9.97. The zero-order valence-electron chi connectivity index (χ0n) is 10.4. The van der Waals surface area contributed by atoms with Crippen LogP contribution in [0.15, 0.2) is 0 Å². The maximum absolute atomic E-state index is 2.79. The van der Waals surface area contributed by atoms with Crippen LogP contribution in [-0.4, -0.2) is 24.0 Å². The van der Waals surface area contributed by atoms with Gasteiger partial charge < -0.3 is 4.90 Å². The van der Waals surface area contributed by atoms with E-state index in [2.05, 4.69) is 11.8 Å². The summed E-state index contributed by atoms with van der Waals surface area (Å²) < 4.78 is 0. The lowest BCUT2D eigenvalue weighted by Crippen LogP contribution is -2.38. The van der Waals surface area contributed by atoms with E-state index in [0.29, 0.717) is 0 Å². The topological polar surface area (TPSA) is 3.24 Å². The van der Waals surface area contributed by atoms with E-state index in [4.69, 9.17) is 0 Å². The Morgan fingerprint density at radius 1 is 0.867 bits per heavy atom. The summed E-state index contributed by atoms with van der Waals surface area (Å²) in [7, 11) is 0. The number of nitrogens with zero attached hydrogens (tertiary/aromatic N) is 1. The van der Waals surface area contributed by atoms with Gasteiger partial charge in [0.15, 0.2) is 0 Å². The van der Waals surface area contributed by atoms with Crippen molar-refractivity contribution < 1.29 is 0 Å². The van der Waals surface area contributed by atoms with Crippen LogP contribution in [-0.2, 0) is 0 Å². The number of hydrogen-bond acceptors (Lipinski definition) is 1. The number of hydrogen-bond donors (Lipinski definition) is 0. The summed E-state index contributed by atoms with van der Waals surface area (Å²) in [6.07, 6.45) is 13.2. The molecule has 15 heavy (non-hydrogen) atoms. The third kappa shape index (κ3) is 3.21. The summed E-state index contributed by atoms with van der Waals surface area (Å²) >= 11 is 0. The van der Waals surface area contributed by atoms with Crippen molar-refractivity contribution in [1.82, 2.24) is 4.90 Å². The highest BCUT2D eigenvalue weighted by Crippen LogP contribution is 2.29. The van der Waals surface area contributed by atoms with Gasteiger partial charge in [-0.1, -0.05) is 32.6 Å². The maximum Gasteiger partial charge on any atom is 0.00953 e. The van der Waals surface area contributed by atoms with Crippen molar-refractivity contribution in [3.05, 3.63) is 0 Å². The first kappa shape index (κ1) is 11.4. The number of piperidine rings is 1. The fourth-order valence-corrected chi connectivity index (χ4v) is 3.42. The Hall–Kier alpha value is -0.0400. The minimum Gasteiger partial charge on any atom is -0.300 e. The van der Waals surface area contributed by atoms with Crippen LogP contribution in [0.2, 0.25) is 0 Å². The zero-order valence-corrected chi connectivity index (χ0v) is 10.4. The van der Waals surface area contributed by atoms with E-state index >= 15 is 0 Å². The van der Waals surface area contributed by atoms with Gasteiger partial charge in [-0.25, -0.2) is 0 Å². The maximum atomic E-state index is 2.79. The van der Waals surface area contributed by atoms with Gasteiger partial charge in [0.1, 0.15) is 0 Å². The van der Waals surface area contributed by atoms with Crippen LogP contribution < -0.4 is 0 Å². The largest absolute Gasteiger partial charge is 0.300 e. The minimum absolute atomic E-state index is 0.946. The molecule has 2 unspecified atom stereocenters. The summed E-state index contributed by atoms with van der Waals surface area (Å²) in [4.78, 5) is 2.79. The highest BCUT2D eigenvalue weighted by Gasteiger charge is 2.23. The molecule has 0 bridgehead atoms. The van der Waals surface area contributed by atoms with E-state index in [0.717, 1.165) is 12.0 Å². The Balaban J connectivity index is 1.81. The van der Waals surface area contributed by atoms with E-state index in [1.807, 2.05) is 0 Å². The van der Waals surface area contributed by atoms with Gasteiger partial charge in [0.05, 0.1) is 0 Å². The van der Waals surface area contributed by atoms with Gasteiger partial charge in [-0.05, 0) is 51.1 Å². The van der Waals surface area contributed by atoms with Gasteiger partial charge in [-0.2, -0.15) is 0 Å². The molecule has 1 saturated heterocycles. The Morgan fingerprint density at radius 2 is 1.67 bits per heavy atom. The monoisotopic (exact) mass is 209 g/mol. The Bertz CT molecular complexity index is 172. The molecular weight excluding hydrogens is 182 g/mol. The molecule has 88 valence electrons. The average molecular weight is 209 g/mol. The average Bonchev–Trinajstić information content (AvgIpc) is 2.55. The minimum atomic E-state index is 0.946. The Morgan fingerprint density at radius 3 is 2.40 bits per heavy atom. The second-order valence-electron chi connectivity index (χ2n) is 5.53. The first-order valence-electron chi connectivity index (χ1n) is 7.14. The summed E-state index contributed by atoms with van der Waals surface area (Å²) in [6.45, 7) is 5.15. The smallest absolute Gasteiger partial charge is 0.00953 e.